The smallest absolute Gasteiger partial charge is 0.324 e. The molecule has 0 aliphatic rings. The second-order valence-electron chi connectivity index (χ2n) is 5.92. The van der Waals surface area contributed by atoms with E-state index in [1.54, 1.807) is 0 Å². The molecule has 0 rings (SSSR count). The molecule has 14 nitrogen and oxygen atoms in total. The molecule has 0 spiro atoms. The van der Waals surface area contributed by atoms with Gasteiger partial charge in [0, 0.05) is 0 Å². The molecule has 0 aliphatic carbocycles. The van der Waals surface area contributed by atoms with Crippen LogP contribution < -0.4 is 11.5 Å². The molecular formula is C8H24N2O12P4. The minimum absolute atomic E-state index is 0.0295. The molecule has 0 heterocycles. The highest BCUT2D eigenvalue weighted by atomic mass is 31.2. The quantitative estimate of drug-likeness (QED) is 0.0988. The summed E-state index contributed by atoms with van der Waals surface area (Å²) in [7, 11) is -20.8. The van der Waals surface area contributed by atoms with E-state index in [2.05, 4.69) is 0 Å². The van der Waals surface area contributed by atoms with Crippen LogP contribution >= 0.6 is 30.4 Å². The normalized spacial score (nSPS) is 15.1. The zero-order chi connectivity index (χ0) is 21.2. The topological polar surface area (TPSA) is 282 Å². The first-order valence-corrected chi connectivity index (χ1v) is 13.7. The Bertz CT molecular complexity index is 614. The fraction of sp³-hybridized carbons (Fsp3) is 1.00. The summed E-state index contributed by atoms with van der Waals surface area (Å²) in [6.07, 6.45) is -1.16. The van der Waals surface area contributed by atoms with Gasteiger partial charge < -0.3 is 50.6 Å². The van der Waals surface area contributed by atoms with Crippen LogP contribution in [0.25, 0.3) is 0 Å². The van der Waals surface area contributed by atoms with Crippen molar-refractivity contribution in [1.82, 2.24) is 0 Å². The maximum Gasteiger partial charge on any atom is 0.343 e. The Balaban J connectivity index is 4.86. The Kier molecular flexibility index (Phi) is 9.08. The number of rotatable bonds is 11. The second kappa shape index (κ2) is 8.90. The molecule has 0 radical (unpaired) electrons. The zero-order valence-electron chi connectivity index (χ0n) is 13.3. The summed E-state index contributed by atoms with van der Waals surface area (Å²) in [6, 6.07) is 0. The summed E-state index contributed by atoms with van der Waals surface area (Å²) >= 11 is 0. The molecule has 0 unspecified atom stereocenters. The summed E-state index contributed by atoms with van der Waals surface area (Å²) in [6.45, 7) is 0. The lowest BCUT2D eigenvalue weighted by Crippen LogP contribution is -2.58. The molecule has 0 amide bonds. The fourth-order valence-electron chi connectivity index (χ4n) is 2.42. The molecule has 0 aromatic rings. The summed E-state index contributed by atoms with van der Waals surface area (Å²) in [5, 5.41) is -4.83. The zero-order valence-corrected chi connectivity index (χ0v) is 16.9. The lowest BCUT2D eigenvalue weighted by molar-refractivity contribution is 0.289. The van der Waals surface area contributed by atoms with Crippen molar-refractivity contribution in [3.63, 3.8) is 0 Å². The van der Waals surface area contributed by atoms with Crippen LogP contribution in [0.5, 0.6) is 0 Å². The van der Waals surface area contributed by atoms with E-state index in [1.807, 2.05) is 0 Å². The van der Waals surface area contributed by atoms with Gasteiger partial charge in [-0.05, 0) is 12.8 Å². The number of nitrogens with two attached hydrogens (primary N) is 2. The van der Waals surface area contributed by atoms with Crippen LogP contribution in [0.2, 0.25) is 0 Å². The van der Waals surface area contributed by atoms with Gasteiger partial charge in [0.15, 0.2) is 10.8 Å². The molecule has 26 heavy (non-hydrogen) atoms. The van der Waals surface area contributed by atoms with Gasteiger partial charge in [-0.1, -0.05) is 19.3 Å². The molecule has 0 fully saturated rings. The van der Waals surface area contributed by atoms with Gasteiger partial charge in [-0.15, -0.1) is 0 Å². The van der Waals surface area contributed by atoms with Crippen molar-refractivity contribution in [2.24, 2.45) is 11.5 Å². The van der Waals surface area contributed by atoms with Gasteiger partial charge in [0.2, 0.25) is 0 Å². The molecule has 0 saturated heterocycles. The summed E-state index contributed by atoms with van der Waals surface area (Å²) in [4.78, 5) is 72.2. The monoisotopic (exact) mass is 464 g/mol. The molecule has 0 saturated carbocycles. The van der Waals surface area contributed by atoms with E-state index in [-0.39, 0.29) is 19.3 Å². The first kappa shape index (κ1) is 26.5. The Morgan fingerprint density at radius 2 is 1.04 bits per heavy atom. The van der Waals surface area contributed by atoms with Crippen LogP contribution in [0.1, 0.15) is 32.1 Å². The molecule has 0 atom stereocenters. The molecule has 158 valence electrons. The molecular weight excluding hydrogens is 440 g/mol. The summed E-state index contributed by atoms with van der Waals surface area (Å²) in [5.74, 6) is 0. The molecule has 12 N–H and O–H groups in total. The minimum Gasteiger partial charge on any atom is -0.324 e. The van der Waals surface area contributed by atoms with Gasteiger partial charge in [-0.3, -0.25) is 18.3 Å². The van der Waals surface area contributed by atoms with E-state index in [9.17, 15) is 18.3 Å². The Morgan fingerprint density at radius 1 is 0.654 bits per heavy atom. The predicted molar refractivity (Wildman–Crippen MR) is 89.9 cm³/mol. The maximum atomic E-state index is 11.3. The standard InChI is InChI=1S/C8H24N2O12P4/c9-8(10,7(25(17,18)19)26(20,21)22)5-3-1-2-4-6(23(11,12)13)24(14,15)16/h6-7H,1-5,9-10H2,(H2,11,12,13)(H2,14,15,16)(H2,17,18,19)(H2,20,21,22). The fourth-order valence-corrected chi connectivity index (χ4v) is 8.10. The lowest BCUT2D eigenvalue weighted by Gasteiger charge is -2.34. The second-order valence-corrected chi connectivity index (χ2v) is 13.7. The van der Waals surface area contributed by atoms with Crippen LogP contribution in [0.4, 0.5) is 0 Å². The van der Waals surface area contributed by atoms with Crippen LogP contribution in [0.3, 0.4) is 0 Å². The van der Waals surface area contributed by atoms with Crippen molar-refractivity contribution in [2.75, 3.05) is 0 Å². The van der Waals surface area contributed by atoms with Gasteiger partial charge in [0.1, 0.15) is 0 Å². The lowest BCUT2D eigenvalue weighted by atomic mass is 10.0. The van der Waals surface area contributed by atoms with E-state index in [1.165, 1.54) is 0 Å². The average Bonchev–Trinajstić information content (AvgIpc) is 2.24. The first-order chi connectivity index (χ1) is 11.2. The Hall–Kier alpha value is 0.520. The molecule has 0 aromatic heterocycles. The highest BCUT2D eigenvalue weighted by Gasteiger charge is 2.54. The summed E-state index contributed by atoms with van der Waals surface area (Å²) in [5.41, 5.74) is 8.48. The largest absolute Gasteiger partial charge is 0.343 e. The van der Waals surface area contributed by atoms with Crippen molar-refractivity contribution < 1.29 is 57.4 Å². The van der Waals surface area contributed by atoms with E-state index in [0.717, 1.165) is 0 Å². The Labute approximate surface area is 148 Å². The van der Waals surface area contributed by atoms with Crippen LogP contribution in [-0.2, 0) is 18.3 Å². The molecule has 0 bridgehead atoms. The van der Waals surface area contributed by atoms with E-state index in [4.69, 9.17) is 50.6 Å². The third-order valence-electron chi connectivity index (χ3n) is 3.47. The average molecular weight is 464 g/mol. The van der Waals surface area contributed by atoms with Crippen molar-refractivity contribution in [3.8, 4) is 0 Å². The highest BCUT2D eigenvalue weighted by molar-refractivity contribution is 7.71. The van der Waals surface area contributed by atoms with Gasteiger partial charge >= 0.3 is 30.4 Å². The molecule has 0 aliphatic heterocycles. The number of unbranched alkanes of at least 4 members (excludes halogenated alkanes) is 2. The molecule has 0 aromatic carbocycles. The molecule has 18 heteroatoms. The van der Waals surface area contributed by atoms with E-state index < -0.39 is 59.7 Å². The first-order valence-electron chi connectivity index (χ1n) is 6.99. The Morgan fingerprint density at radius 3 is 1.35 bits per heavy atom. The van der Waals surface area contributed by atoms with E-state index >= 15 is 0 Å². The van der Waals surface area contributed by atoms with Crippen molar-refractivity contribution in [3.05, 3.63) is 0 Å². The van der Waals surface area contributed by atoms with Crippen LogP contribution in [0, 0.1) is 0 Å². The highest BCUT2D eigenvalue weighted by Crippen LogP contribution is 2.63. The number of hydrogen-bond acceptors (Lipinski definition) is 6. The summed E-state index contributed by atoms with van der Waals surface area (Å²) < 4.78 is 44.8. The third-order valence-corrected chi connectivity index (χ3v) is 11.4. The minimum atomic E-state index is -5.35. The van der Waals surface area contributed by atoms with Gasteiger partial charge in [0.25, 0.3) is 0 Å². The van der Waals surface area contributed by atoms with Gasteiger partial charge in [0.05, 0.1) is 5.66 Å². The SMILES string of the molecule is NC(N)(CCCCCC(P(=O)(O)O)P(=O)(O)O)C(P(=O)(O)O)P(=O)(O)O. The number of hydrogen-bond donors (Lipinski definition) is 10. The van der Waals surface area contributed by atoms with Crippen LogP contribution in [0.15, 0.2) is 0 Å². The van der Waals surface area contributed by atoms with Crippen molar-refractivity contribution >= 4 is 30.4 Å². The third kappa shape index (κ3) is 8.68. The van der Waals surface area contributed by atoms with Crippen molar-refractivity contribution in [2.45, 2.75) is 48.6 Å². The van der Waals surface area contributed by atoms with E-state index in [0.29, 0.717) is 0 Å². The van der Waals surface area contributed by atoms with Gasteiger partial charge in [-0.25, -0.2) is 0 Å². The maximum absolute atomic E-state index is 11.3. The van der Waals surface area contributed by atoms with Crippen LogP contribution in [-0.4, -0.2) is 55.6 Å². The van der Waals surface area contributed by atoms with Crippen molar-refractivity contribution in [1.29, 1.82) is 0 Å². The van der Waals surface area contributed by atoms with Gasteiger partial charge in [-0.2, -0.15) is 0 Å². The predicted octanol–water partition coefficient (Wildman–Crippen LogP) is -1.09.